The van der Waals surface area contributed by atoms with E-state index in [2.05, 4.69) is 46.7 Å². The first-order chi connectivity index (χ1) is 13.9. The maximum absolute atomic E-state index is 12.3. The van der Waals surface area contributed by atoms with Gasteiger partial charge in [0.15, 0.2) is 5.82 Å². The van der Waals surface area contributed by atoms with Gasteiger partial charge in [-0.05, 0) is 43.2 Å². The first-order valence-corrected chi connectivity index (χ1v) is 9.76. The number of rotatable bonds is 8. The van der Waals surface area contributed by atoms with Crippen molar-refractivity contribution < 1.29 is 9.59 Å². The second kappa shape index (κ2) is 9.28. The Labute approximate surface area is 171 Å². The van der Waals surface area contributed by atoms with Crippen molar-refractivity contribution >= 4 is 17.4 Å². The molecule has 0 aliphatic rings. The smallest absolute Gasteiger partial charge is 0.221 e. The minimum Gasteiger partial charge on any atom is -0.326 e. The van der Waals surface area contributed by atoms with Gasteiger partial charge in [0.2, 0.25) is 5.91 Å². The number of amides is 1. The number of carbonyl (C=O) groups is 2. The van der Waals surface area contributed by atoms with Crippen molar-refractivity contribution in [3.05, 3.63) is 65.5 Å². The number of hydrogen-bond acceptors (Lipinski definition) is 4. The fraction of sp³-hybridized carbons (Fsp3) is 0.304. The topological polar surface area (TPSA) is 76.9 Å². The Hall–Kier alpha value is -3.28. The molecule has 1 aromatic heterocycles. The van der Waals surface area contributed by atoms with Gasteiger partial charge in [-0.1, -0.05) is 29.8 Å². The van der Waals surface area contributed by atoms with Gasteiger partial charge in [-0.25, -0.2) is 0 Å². The first-order valence-electron chi connectivity index (χ1n) is 9.76. The largest absolute Gasteiger partial charge is 0.326 e. The molecule has 0 saturated heterocycles. The summed E-state index contributed by atoms with van der Waals surface area (Å²) in [4.78, 5) is 23.4. The minimum absolute atomic E-state index is 0.106. The van der Waals surface area contributed by atoms with Gasteiger partial charge in [0.25, 0.3) is 0 Å². The summed E-state index contributed by atoms with van der Waals surface area (Å²) in [6.07, 6.45) is 2.34. The van der Waals surface area contributed by atoms with Crippen molar-refractivity contribution in [1.29, 1.82) is 0 Å². The fourth-order valence-corrected chi connectivity index (χ4v) is 3.15. The molecule has 0 bridgehead atoms. The lowest BCUT2D eigenvalue weighted by Crippen LogP contribution is -2.06. The molecular formula is C23H26N4O2. The van der Waals surface area contributed by atoms with Gasteiger partial charge in [-0.2, -0.15) is 0 Å². The Morgan fingerprint density at radius 2 is 1.59 bits per heavy atom. The average molecular weight is 390 g/mol. The molecule has 0 spiro atoms. The van der Waals surface area contributed by atoms with Gasteiger partial charge in [0.1, 0.15) is 11.6 Å². The van der Waals surface area contributed by atoms with Crippen molar-refractivity contribution in [2.75, 3.05) is 5.32 Å². The van der Waals surface area contributed by atoms with Gasteiger partial charge in [0.05, 0.1) is 0 Å². The third-order valence-electron chi connectivity index (χ3n) is 4.87. The maximum atomic E-state index is 12.3. The zero-order valence-electron chi connectivity index (χ0n) is 17.1. The number of nitrogens with one attached hydrogen (secondary N) is 1. The van der Waals surface area contributed by atoms with Crippen LogP contribution in [0.1, 0.15) is 36.7 Å². The lowest BCUT2D eigenvalue weighted by atomic mass is 10.0. The SMILES string of the molecule is CC(=O)Nc1ccc(-c2nnc(CCC(=O)CCc3ccc(C)cc3)n2C)cc1. The standard InChI is InChI=1S/C23H26N4O2/c1-16-4-6-18(7-5-16)8-13-21(29)14-15-22-25-26-23(27(22)3)19-9-11-20(12-10-19)24-17(2)28/h4-7,9-12H,8,13-15H2,1-3H3,(H,24,28). The van der Waals surface area contributed by atoms with E-state index in [4.69, 9.17) is 0 Å². The molecule has 6 nitrogen and oxygen atoms in total. The number of carbonyl (C=O) groups excluding carboxylic acids is 2. The number of hydrogen-bond donors (Lipinski definition) is 1. The van der Waals surface area contributed by atoms with Gasteiger partial charge in [-0.3, -0.25) is 9.59 Å². The molecule has 0 aliphatic carbocycles. The summed E-state index contributed by atoms with van der Waals surface area (Å²) in [5.74, 6) is 1.65. The summed E-state index contributed by atoms with van der Waals surface area (Å²) in [5.41, 5.74) is 4.06. The highest BCUT2D eigenvalue weighted by atomic mass is 16.1. The molecule has 6 heteroatoms. The summed E-state index contributed by atoms with van der Waals surface area (Å²) < 4.78 is 1.92. The van der Waals surface area contributed by atoms with Crippen LogP contribution in [-0.4, -0.2) is 26.5 Å². The molecule has 0 unspecified atom stereocenters. The van der Waals surface area contributed by atoms with Crippen LogP contribution in [0.4, 0.5) is 5.69 Å². The van der Waals surface area contributed by atoms with E-state index in [0.29, 0.717) is 19.3 Å². The lowest BCUT2D eigenvalue weighted by molar-refractivity contribution is -0.119. The van der Waals surface area contributed by atoms with Crippen molar-refractivity contribution in [1.82, 2.24) is 14.8 Å². The molecular weight excluding hydrogens is 364 g/mol. The molecule has 29 heavy (non-hydrogen) atoms. The van der Waals surface area contributed by atoms with E-state index in [0.717, 1.165) is 29.3 Å². The Bertz CT molecular complexity index is 989. The monoisotopic (exact) mass is 390 g/mol. The first kappa shape index (κ1) is 20.5. The summed E-state index contributed by atoms with van der Waals surface area (Å²) >= 11 is 0. The van der Waals surface area contributed by atoms with Crippen LogP contribution in [-0.2, 0) is 29.5 Å². The second-order valence-corrected chi connectivity index (χ2v) is 7.28. The van der Waals surface area contributed by atoms with Crippen molar-refractivity contribution in [2.45, 2.75) is 39.5 Å². The highest BCUT2D eigenvalue weighted by Crippen LogP contribution is 2.20. The van der Waals surface area contributed by atoms with Crippen LogP contribution in [0.2, 0.25) is 0 Å². The summed E-state index contributed by atoms with van der Waals surface area (Å²) in [6, 6.07) is 15.8. The number of ketones is 1. The van der Waals surface area contributed by atoms with E-state index in [1.165, 1.54) is 18.1 Å². The molecule has 0 atom stereocenters. The highest BCUT2D eigenvalue weighted by molar-refractivity contribution is 5.88. The van der Waals surface area contributed by atoms with Crippen molar-refractivity contribution in [2.24, 2.45) is 7.05 Å². The van der Waals surface area contributed by atoms with Crippen LogP contribution in [0, 0.1) is 6.92 Å². The van der Waals surface area contributed by atoms with Crippen LogP contribution in [0.15, 0.2) is 48.5 Å². The summed E-state index contributed by atoms with van der Waals surface area (Å²) in [5, 5.41) is 11.3. The Morgan fingerprint density at radius 1 is 0.931 bits per heavy atom. The van der Waals surface area contributed by atoms with Gasteiger partial charge >= 0.3 is 0 Å². The molecule has 0 aliphatic heterocycles. The molecule has 3 aromatic rings. The van der Waals surface area contributed by atoms with E-state index in [9.17, 15) is 9.59 Å². The van der Waals surface area contributed by atoms with E-state index in [-0.39, 0.29) is 11.7 Å². The molecule has 2 aromatic carbocycles. The number of aryl methyl sites for hydroxylation is 3. The molecule has 150 valence electrons. The van der Waals surface area contributed by atoms with Gasteiger partial charge < -0.3 is 9.88 Å². The molecule has 1 heterocycles. The van der Waals surface area contributed by atoms with Crippen LogP contribution < -0.4 is 5.32 Å². The third-order valence-corrected chi connectivity index (χ3v) is 4.87. The normalized spacial score (nSPS) is 10.7. The van der Waals surface area contributed by atoms with Crippen molar-refractivity contribution in [3.8, 4) is 11.4 Å². The maximum Gasteiger partial charge on any atom is 0.221 e. The molecule has 1 N–H and O–H groups in total. The number of nitrogens with zero attached hydrogens (tertiary/aromatic N) is 3. The van der Waals surface area contributed by atoms with Gasteiger partial charge in [0, 0.05) is 44.5 Å². The zero-order valence-corrected chi connectivity index (χ0v) is 17.1. The van der Waals surface area contributed by atoms with Crippen molar-refractivity contribution in [3.63, 3.8) is 0 Å². The summed E-state index contributed by atoms with van der Waals surface area (Å²) in [7, 11) is 1.91. The number of aromatic nitrogens is 3. The fourth-order valence-electron chi connectivity index (χ4n) is 3.15. The van der Waals surface area contributed by atoms with Crippen LogP contribution >= 0.6 is 0 Å². The average Bonchev–Trinajstić information content (AvgIpc) is 3.06. The Balaban J connectivity index is 1.55. The third kappa shape index (κ3) is 5.60. The van der Waals surface area contributed by atoms with E-state index in [1.54, 1.807) is 0 Å². The Morgan fingerprint density at radius 3 is 2.24 bits per heavy atom. The van der Waals surface area contributed by atoms with E-state index < -0.39 is 0 Å². The van der Waals surface area contributed by atoms with E-state index >= 15 is 0 Å². The number of Topliss-reactive ketones (excluding diaryl/α,β-unsaturated/α-hetero) is 1. The summed E-state index contributed by atoms with van der Waals surface area (Å²) in [6.45, 7) is 3.53. The minimum atomic E-state index is -0.106. The lowest BCUT2D eigenvalue weighted by Gasteiger charge is -2.06. The second-order valence-electron chi connectivity index (χ2n) is 7.28. The number of anilines is 1. The van der Waals surface area contributed by atoms with Crippen LogP contribution in [0.3, 0.4) is 0 Å². The predicted octanol–water partition coefficient (Wildman–Crippen LogP) is 3.88. The Kier molecular flexibility index (Phi) is 6.54. The molecule has 1 amide bonds. The molecule has 3 rings (SSSR count). The quantitative estimate of drug-likeness (QED) is 0.633. The van der Waals surface area contributed by atoms with Gasteiger partial charge in [-0.15, -0.1) is 10.2 Å². The predicted molar refractivity (Wildman–Crippen MR) is 114 cm³/mol. The molecule has 0 fully saturated rings. The van der Waals surface area contributed by atoms with Crippen LogP contribution in [0.5, 0.6) is 0 Å². The van der Waals surface area contributed by atoms with E-state index in [1.807, 2.05) is 35.9 Å². The number of benzene rings is 2. The zero-order chi connectivity index (χ0) is 20.8. The highest BCUT2D eigenvalue weighted by Gasteiger charge is 2.12. The van der Waals surface area contributed by atoms with Crippen LogP contribution in [0.25, 0.3) is 11.4 Å². The molecule has 0 radical (unpaired) electrons. The molecule has 0 saturated carbocycles.